The summed E-state index contributed by atoms with van der Waals surface area (Å²) in [5.74, 6) is 0. The van der Waals surface area contributed by atoms with E-state index in [-0.39, 0.29) is 11.3 Å². The van der Waals surface area contributed by atoms with Crippen LogP contribution in [0.2, 0.25) is 18.1 Å². The van der Waals surface area contributed by atoms with E-state index in [0.29, 0.717) is 0 Å². The zero-order valence-electron chi connectivity index (χ0n) is 12.2. The molecule has 0 saturated heterocycles. The normalized spacial score (nSPS) is 14.4. The van der Waals surface area contributed by atoms with E-state index in [0.717, 1.165) is 10.2 Å². The highest BCUT2D eigenvalue weighted by atomic mass is 79.9. The molecule has 1 aromatic carbocycles. The summed E-state index contributed by atoms with van der Waals surface area (Å²) in [6, 6.07) is 8.16. The van der Waals surface area contributed by atoms with Gasteiger partial charge in [0.05, 0.1) is 0 Å². The summed E-state index contributed by atoms with van der Waals surface area (Å²) in [5.41, 5.74) is 1.09. The highest BCUT2D eigenvalue weighted by molar-refractivity contribution is 9.10. The van der Waals surface area contributed by atoms with Crippen LogP contribution in [0.25, 0.3) is 0 Å². The fourth-order valence-corrected chi connectivity index (χ4v) is 2.99. The lowest BCUT2D eigenvalue weighted by molar-refractivity contribution is 0.225. The van der Waals surface area contributed by atoms with Gasteiger partial charge in [0, 0.05) is 10.2 Å². The summed E-state index contributed by atoms with van der Waals surface area (Å²) < 4.78 is 7.34. The second-order valence-electron chi connectivity index (χ2n) is 6.17. The highest BCUT2D eigenvalue weighted by Crippen LogP contribution is 2.37. The van der Waals surface area contributed by atoms with Crippen LogP contribution in [0.1, 0.15) is 27.7 Å². The van der Waals surface area contributed by atoms with E-state index in [1.807, 2.05) is 12.1 Å². The largest absolute Gasteiger partial charge is 0.398 e. The van der Waals surface area contributed by atoms with Crippen molar-refractivity contribution in [3.8, 4) is 0 Å². The average Bonchev–Trinajstić information content (AvgIpc) is 2.19. The molecule has 4 heteroatoms. The molecular weight excluding hydrogens is 306 g/mol. The molecule has 1 N–H and O–H groups in total. The average molecular weight is 330 g/mol. The van der Waals surface area contributed by atoms with Gasteiger partial charge >= 0.3 is 0 Å². The van der Waals surface area contributed by atoms with Crippen LogP contribution in [0.15, 0.2) is 28.7 Å². The molecule has 0 aliphatic carbocycles. The van der Waals surface area contributed by atoms with E-state index < -0.39 is 8.32 Å². The third kappa shape index (κ3) is 4.41. The van der Waals surface area contributed by atoms with Gasteiger partial charge in [0.15, 0.2) is 8.32 Å². The van der Waals surface area contributed by atoms with E-state index in [9.17, 15) is 0 Å². The zero-order chi connectivity index (χ0) is 14.0. The molecule has 0 amide bonds. The van der Waals surface area contributed by atoms with E-state index in [2.05, 4.69) is 74.2 Å². The van der Waals surface area contributed by atoms with Crippen LogP contribution in [-0.2, 0) is 4.43 Å². The number of hydrogen-bond acceptors (Lipinski definition) is 2. The van der Waals surface area contributed by atoms with Crippen LogP contribution in [0.3, 0.4) is 0 Å². The van der Waals surface area contributed by atoms with Crippen LogP contribution in [-0.4, -0.2) is 14.5 Å². The minimum absolute atomic E-state index is 0.0343. The Bertz CT molecular complexity index is 384. The first-order valence-electron chi connectivity index (χ1n) is 6.32. The van der Waals surface area contributed by atoms with Gasteiger partial charge in [-0.05, 0) is 49.3 Å². The Balaban J connectivity index is 2.62. The summed E-state index contributed by atoms with van der Waals surface area (Å²) in [5, 5.41) is 3.63. The SMILES string of the molecule is CC(Nc1ccc(Br)cc1)O[Si](C)(C)C(C)(C)C. The van der Waals surface area contributed by atoms with Crippen molar-refractivity contribution in [3.63, 3.8) is 0 Å². The number of nitrogens with one attached hydrogen (secondary N) is 1. The standard InChI is InChI=1S/C14H24BrNOSi/c1-11(17-18(5,6)14(2,3)4)16-13-9-7-12(15)8-10-13/h7-11,16H,1-6H3. The first kappa shape index (κ1) is 15.7. The molecule has 0 spiro atoms. The number of hydrogen-bond donors (Lipinski definition) is 1. The molecular formula is C14H24BrNOSi. The molecule has 102 valence electrons. The molecule has 1 rings (SSSR count). The van der Waals surface area contributed by atoms with Crippen molar-refractivity contribution in [2.75, 3.05) is 5.32 Å². The lowest BCUT2D eigenvalue weighted by Gasteiger charge is -2.38. The van der Waals surface area contributed by atoms with Crippen molar-refractivity contribution in [2.45, 2.75) is 52.1 Å². The van der Waals surface area contributed by atoms with Gasteiger partial charge in [0.1, 0.15) is 6.23 Å². The molecule has 0 saturated carbocycles. The molecule has 0 aromatic heterocycles. The summed E-state index contributed by atoms with van der Waals surface area (Å²) in [6.07, 6.45) is 0.0343. The van der Waals surface area contributed by atoms with Gasteiger partial charge in [0.2, 0.25) is 0 Å². The summed E-state index contributed by atoms with van der Waals surface area (Å²) in [4.78, 5) is 0. The fourth-order valence-electron chi connectivity index (χ4n) is 1.43. The van der Waals surface area contributed by atoms with Crippen molar-refractivity contribution < 1.29 is 4.43 Å². The topological polar surface area (TPSA) is 21.3 Å². The predicted octanol–water partition coefficient (Wildman–Crippen LogP) is 5.23. The van der Waals surface area contributed by atoms with Crippen molar-refractivity contribution in [2.24, 2.45) is 0 Å². The van der Waals surface area contributed by atoms with Gasteiger partial charge in [-0.25, -0.2) is 0 Å². The second kappa shape index (κ2) is 5.76. The smallest absolute Gasteiger partial charge is 0.194 e. The van der Waals surface area contributed by atoms with Gasteiger partial charge in [-0.15, -0.1) is 0 Å². The summed E-state index contributed by atoms with van der Waals surface area (Å²) in [6.45, 7) is 13.4. The Morgan fingerprint density at radius 1 is 1.17 bits per heavy atom. The lowest BCUT2D eigenvalue weighted by Crippen LogP contribution is -2.45. The predicted molar refractivity (Wildman–Crippen MR) is 85.5 cm³/mol. The minimum Gasteiger partial charge on any atom is -0.398 e. The molecule has 0 fully saturated rings. The Labute approximate surface area is 120 Å². The van der Waals surface area contributed by atoms with Gasteiger partial charge < -0.3 is 9.74 Å². The summed E-state index contributed by atoms with van der Waals surface area (Å²) in [7, 11) is -1.70. The van der Waals surface area contributed by atoms with Crippen molar-refractivity contribution >= 4 is 29.9 Å². The maximum Gasteiger partial charge on any atom is 0.194 e. The van der Waals surface area contributed by atoms with Gasteiger partial charge in [-0.1, -0.05) is 36.7 Å². The van der Waals surface area contributed by atoms with Crippen molar-refractivity contribution in [1.82, 2.24) is 0 Å². The molecule has 1 atom stereocenters. The molecule has 1 unspecified atom stereocenters. The fraction of sp³-hybridized carbons (Fsp3) is 0.571. The highest BCUT2D eigenvalue weighted by Gasteiger charge is 2.38. The molecule has 18 heavy (non-hydrogen) atoms. The molecule has 0 bridgehead atoms. The third-order valence-corrected chi connectivity index (χ3v) is 8.58. The van der Waals surface area contributed by atoms with E-state index in [1.54, 1.807) is 0 Å². The van der Waals surface area contributed by atoms with Gasteiger partial charge in [-0.3, -0.25) is 0 Å². The first-order valence-corrected chi connectivity index (χ1v) is 10.0. The summed E-state index contributed by atoms with van der Waals surface area (Å²) >= 11 is 3.43. The van der Waals surface area contributed by atoms with Crippen LogP contribution in [0.4, 0.5) is 5.69 Å². The third-order valence-electron chi connectivity index (χ3n) is 3.49. The monoisotopic (exact) mass is 329 g/mol. The van der Waals surface area contributed by atoms with E-state index in [4.69, 9.17) is 4.43 Å². The maximum absolute atomic E-state index is 6.25. The van der Waals surface area contributed by atoms with Crippen LogP contribution in [0, 0.1) is 0 Å². The molecule has 0 aliphatic rings. The van der Waals surface area contributed by atoms with E-state index in [1.165, 1.54) is 0 Å². The molecule has 0 radical (unpaired) electrons. The van der Waals surface area contributed by atoms with Gasteiger partial charge in [0.25, 0.3) is 0 Å². The molecule has 0 aliphatic heterocycles. The Hall–Kier alpha value is -0.323. The Morgan fingerprint density at radius 2 is 1.67 bits per heavy atom. The lowest BCUT2D eigenvalue weighted by atomic mass is 10.2. The quantitative estimate of drug-likeness (QED) is 0.603. The zero-order valence-corrected chi connectivity index (χ0v) is 14.8. The first-order chi connectivity index (χ1) is 8.12. The number of rotatable bonds is 4. The van der Waals surface area contributed by atoms with Crippen molar-refractivity contribution in [3.05, 3.63) is 28.7 Å². The maximum atomic E-state index is 6.25. The number of halogens is 1. The van der Waals surface area contributed by atoms with Crippen LogP contribution < -0.4 is 5.32 Å². The van der Waals surface area contributed by atoms with Crippen LogP contribution >= 0.6 is 15.9 Å². The molecule has 1 aromatic rings. The molecule has 2 nitrogen and oxygen atoms in total. The Kier molecular flexibility index (Phi) is 5.03. The van der Waals surface area contributed by atoms with Crippen molar-refractivity contribution in [1.29, 1.82) is 0 Å². The second-order valence-corrected chi connectivity index (χ2v) is 11.8. The Morgan fingerprint density at radius 3 is 2.11 bits per heavy atom. The van der Waals surface area contributed by atoms with E-state index >= 15 is 0 Å². The van der Waals surface area contributed by atoms with Crippen LogP contribution in [0.5, 0.6) is 0 Å². The number of benzene rings is 1. The molecule has 0 heterocycles. The number of anilines is 1. The van der Waals surface area contributed by atoms with Gasteiger partial charge in [-0.2, -0.15) is 0 Å². The minimum atomic E-state index is -1.70.